The first-order chi connectivity index (χ1) is 6.27. The van der Waals surface area contributed by atoms with Crippen LogP contribution in [0.3, 0.4) is 0 Å². The minimum atomic E-state index is 0.206. The molecule has 3 heteroatoms. The lowest BCUT2D eigenvalue weighted by atomic mass is 9.65. The molecule has 0 radical (unpaired) electrons. The minimum absolute atomic E-state index is 0.206. The summed E-state index contributed by atoms with van der Waals surface area (Å²) < 4.78 is 0. The number of nitrogens with zero attached hydrogens (tertiary/aromatic N) is 1. The van der Waals surface area contributed by atoms with Gasteiger partial charge in [-0.05, 0) is 24.5 Å². The zero-order chi connectivity index (χ0) is 9.31. The molecule has 2 rings (SSSR count). The van der Waals surface area contributed by atoms with Gasteiger partial charge in [0.25, 0.3) is 0 Å². The highest BCUT2D eigenvalue weighted by molar-refractivity contribution is 6.29. The van der Waals surface area contributed by atoms with Crippen LogP contribution in [0.4, 0.5) is 0 Å². The lowest BCUT2D eigenvalue weighted by Crippen LogP contribution is -2.41. The maximum absolute atomic E-state index is 5.78. The van der Waals surface area contributed by atoms with Crippen LogP contribution in [0.2, 0.25) is 5.15 Å². The monoisotopic (exact) mass is 196 g/mol. The highest BCUT2D eigenvalue weighted by atomic mass is 35.5. The number of aromatic nitrogens is 1. The molecule has 0 amide bonds. The third-order valence-corrected chi connectivity index (χ3v) is 3.26. The molecule has 70 valence electrons. The van der Waals surface area contributed by atoms with E-state index in [2.05, 4.69) is 4.98 Å². The summed E-state index contributed by atoms with van der Waals surface area (Å²) in [6, 6.07) is 3.88. The van der Waals surface area contributed by atoms with Crippen LogP contribution in [0.15, 0.2) is 18.3 Å². The van der Waals surface area contributed by atoms with Gasteiger partial charge in [0.1, 0.15) is 5.15 Å². The summed E-state index contributed by atoms with van der Waals surface area (Å²) in [5.41, 5.74) is 7.23. The first-order valence-electron chi connectivity index (χ1n) is 4.59. The summed E-state index contributed by atoms with van der Waals surface area (Å²) in [4.78, 5) is 4.08. The van der Waals surface area contributed by atoms with E-state index in [-0.39, 0.29) is 5.41 Å². The Labute approximate surface area is 83.1 Å². The van der Waals surface area contributed by atoms with Gasteiger partial charge >= 0.3 is 0 Å². The summed E-state index contributed by atoms with van der Waals surface area (Å²) in [5.74, 6) is 0. The van der Waals surface area contributed by atoms with Crippen LogP contribution in [0.25, 0.3) is 0 Å². The van der Waals surface area contributed by atoms with Crippen molar-refractivity contribution < 1.29 is 0 Å². The molecular formula is C10H13ClN2. The normalized spacial score (nSPS) is 19.5. The second-order valence-electron chi connectivity index (χ2n) is 3.71. The first kappa shape index (κ1) is 8.97. The molecule has 1 aromatic heterocycles. The zero-order valence-electron chi connectivity index (χ0n) is 7.46. The van der Waals surface area contributed by atoms with Gasteiger partial charge in [-0.2, -0.15) is 0 Å². The van der Waals surface area contributed by atoms with E-state index < -0.39 is 0 Å². The molecule has 1 aromatic rings. The molecule has 2 N–H and O–H groups in total. The van der Waals surface area contributed by atoms with E-state index in [9.17, 15) is 0 Å². The third-order valence-electron chi connectivity index (χ3n) is 3.04. The van der Waals surface area contributed by atoms with Crippen molar-refractivity contribution in [3.63, 3.8) is 0 Å². The molecule has 0 aliphatic heterocycles. The maximum Gasteiger partial charge on any atom is 0.129 e. The summed E-state index contributed by atoms with van der Waals surface area (Å²) in [7, 11) is 0. The topological polar surface area (TPSA) is 38.9 Å². The van der Waals surface area contributed by atoms with Gasteiger partial charge in [0.05, 0.1) is 0 Å². The van der Waals surface area contributed by atoms with Crippen LogP contribution in [0, 0.1) is 0 Å². The van der Waals surface area contributed by atoms with E-state index in [1.54, 1.807) is 0 Å². The highest BCUT2D eigenvalue weighted by Gasteiger charge is 2.37. The number of hydrogen-bond acceptors (Lipinski definition) is 2. The minimum Gasteiger partial charge on any atom is -0.330 e. The molecule has 0 spiro atoms. The average Bonchev–Trinajstić information content (AvgIpc) is 2.07. The largest absolute Gasteiger partial charge is 0.330 e. The van der Waals surface area contributed by atoms with E-state index in [0.717, 1.165) is 6.54 Å². The lowest BCUT2D eigenvalue weighted by Gasteiger charge is -2.41. The van der Waals surface area contributed by atoms with Crippen LogP contribution in [-0.2, 0) is 5.41 Å². The second kappa shape index (κ2) is 3.28. The second-order valence-corrected chi connectivity index (χ2v) is 4.09. The molecule has 1 aliphatic carbocycles. The number of hydrogen-bond donors (Lipinski definition) is 1. The molecule has 0 bridgehead atoms. The Balaban J connectivity index is 2.28. The van der Waals surface area contributed by atoms with Crippen molar-refractivity contribution in [1.29, 1.82) is 0 Å². The fourth-order valence-electron chi connectivity index (χ4n) is 1.90. The van der Waals surface area contributed by atoms with Gasteiger partial charge < -0.3 is 5.73 Å². The average molecular weight is 197 g/mol. The van der Waals surface area contributed by atoms with Gasteiger partial charge in [0.15, 0.2) is 0 Å². The molecule has 1 saturated carbocycles. The zero-order valence-corrected chi connectivity index (χ0v) is 8.22. The Hall–Kier alpha value is -0.600. The number of halogens is 1. The fraction of sp³-hybridized carbons (Fsp3) is 0.500. The van der Waals surface area contributed by atoms with Crippen molar-refractivity contribution in [2.24, 2.45) is 5.73 Å². The van der Waals surface area contributed by atoms with Gasteiger partial charge in [0, 0.05) is 18.2 Å². The Bertz CT molecular complexity index is 285. The molecule has 0 saturated heterocycles. The van der Waals surface area contributed by atoms with Crippen LogP contribution in [-0.4, -0.2) is 11.5 Å². The van der Waals surface area contributed by atoms with Crippen molar-refractivity contribution in [1.82, 2.24) is 4.98 Å². The van der Waals surface area contributed by atoms with Crippen molar-refractivity contribution in [3.05, 3.63) is 29.0 Å². The highest BCUT2D eigenvalue weighted by Crippen LogP contribution is 2.42. The lowest BCUT2D eigenvalue weighted by molar-refractivity contribution is 0.252. The van der Waals surface area contributed by atoms with E-state index in [4.69, 9.17) is 17.3 Å². The summed E-state index contributed by atoms with van der Waals surface area (Å²) in [6.45, 7) is 0.719. The van der Waals surface area contributed by atoms with Crippen molar-refractivity contribution >= 4 is 11.6 Å². The predicted octanol–water partition coefficient (Wildman–Crippen LogP) is 2.12. The Morgan fingerprint density at radius 2 is 2.23 bits per heavy atom. The molecule has 0 aromatic carbocycles. The van der Waals surface area contributed by atoms with Crippen LogP contribution in [0.5, 0.6) is 0 Å². The number of pyridine rings is 1. The quantitative estimate of drug-likeness (QED) is 0.736. The van der Waals surface area contributed by atoms with Crippen molar-refractivity contribution in [3.8, 4) is 0 Å². The molecule has 1 fully saturated rings. The van der Waals surface area contributed by atoms with E-state index in [0.29, 0.717) is 5.15 Å². The summed E-state index contributed by atoms with van der Waals surface area (Å²) >= 11 is 5.72. The maximum atomic E-state index is 5.78. The standard InChI is InChI=1S/C10H13ClN2/c11-9-3-2-8(6-13-9)10(7-12)4-1-5-10/h2-3,6H,1,4-5,7,12H2. The number of rotatable bonds is 2. The van der Waals surface area contributed by atoms with E-state index >= 15 is 0 Å². The molecule has 13 heavy (non-hydrogen) atoms. The molecule has 2 nitrogen and oxygen atoms in total. The third kappa shape index (κ3) is 1.45. The van der Waals surface area contributed by atoms with E-state index in [1.807, 2.05) is 18.3 Å². The summed E-state index contributed by atoms with van der Waals surface area (Å²) in [6.07, 6.45) is 5.51. The molecule has 0 atom stereocenters. The van der Waals surface area contributed by atoms with Crippen molar-refractivity contribution in [2.45, 2.75) is 24.7 Å². The van der Waals surface area contributed by atoms with Crippen LogP contribution >= 0.6 is 11.6 Å². The SMILES string of the molecule is NCC1(c2ccc(Cl)nc2)CCC1. The smallest absolute Gasteiger partial charge is 0.129 e. The molecule has 0 unspecified atom stereocenters. The Kier molecular flexibility index (Phi) is 2.26. The first-order valence-corrected chi connectivity index (χ1v) is 4.97. The Morgan fingerprint density at radius 3 is 2.62 bits per heavy atom. The van der Waals surface area contributed by atoms with Crippen molar-refractivity contribution in [2.75, 3.05) is 6.54 Å². The van der Waals surface area contributed by atoms with E-state index in [1.165, 1.54) is 24.8 Å². The number of nitrogens with two attached hydrogens (primary N) is 1. The van der Waals surface area contributed by atoms with Gasteiger partial charge in [-0.25, -0.2) is 4.98 Å². The predicted molar refractivity (Wildman–Crippen MR) is 53.8 cm³/mol. The molecule has 1 heterocycles. The van der Waals surface area contributed by atoms with Gasteiger partial charge in [-0.3, -0.25) is 0 Å². The van der Waals surface area contributed by atoms with Gasteiger partial charge in [0.2, 0.25) is 0 Å². The van der Waals surface area contributed by atoms with Crippen LogP contribution < -0.4 is 5.73 Å². The Morgan fingerprint density at radius 1 is 1.46 bits per heavy atom. The van der Waals surface area contributed by atoms with Gasteiger partial charge in [-0.1, -0.05) is 24.1 Å². The van der Waals surface area contributed by atoms with Crippen LogP contribution in [0.1, 0.15) is 24.8 Å². The summed E-state index contributed by atoms with van der Waals surface area (Å²) in [5, 5.41) is 0.551. The van der Waals surface area contributed by atoms with Gasteiger partial charge in [-0.15, -0.1) is 0 Å². The fourth-order valence-corrected chi connectivity index (χ4v) is 2.02. The molecular weight excluding hydrogens is 184 g/mol. The molecule has 1 aliphatic rings.